The van der Waals surface area contributed by atoms with Crippen LogP contribution in [0.3, 0.4) is 0 Å². The average molecular weight is 372 g/mol. The number of halogens is 3. The summed E-state index contributed by atoms with van der Waals surface area (Å²) in [7, 11) is 0. The molecule has 0 aliphatic carbocycles. The third-order valence-corrected chi connectivity index (χ3v) is 5.30. The fourth-order valence-electron chi connectivity index (χ4n) is 3.67. The van der Waals surface area contributed by atoms with Gasteiger partial charge in [-0.1, -0.05) is 0 Å². The van der Waals surface area contributed by atoms with Crippen molar-refractivity contribution in [1.29, 1.82) is 0 Å². The van der Waals surface area contributed by atoms with Gasteiger partial charge in [0, 0.05) is 32.2 Å². The Morgan fingerprint density at radius 2 is 1.54 bits per heavy atom. The van der Waals surface area contributed by atoms with Crippen LogP contribution in [0.4, 0.5) is 19.0 Å². The summed E-state index contributed by atoms with van der Waals surface area (Å²) in [5, 5.41) is 7.05. The summed E-state index contributed by atoms with van der Waals surface area (Å²) < 4.78 is 44.0. The molecule has 0 spiro atoms. The van der Waals surface area contributed by atoms with Crippen molar-refractivity contribution in [1.82, 2.24) is 15.1 Å². The highest BCUT2D eigenvalue weighted by atomic mass is 19.4. The molecule has 146 valence electrons. The van der Waals surface area contributed by atoms with E-state index in [1.165, 1.54) is 6.07 Å². The fraction of sp³-hybridized carbons (Fsp3) is 0.778. The highest BCUT2D eigenvalue weighted by Gasteiger charge is 2.33. The number of aromatic nitrogens is 2. The lowest BCUT2D eigenvalue weighted by atomic mass is 10.0. The van der Waals surface area contributed by atoms with E-state index < -0.39 is 11.9 Å². The summed E-state index contributed by atoms with van der Waals surface area (Å²) >= 11 is 0. The quantitative estimate of drug-likeness (QED) is 0.811. The predicted molar refractivity (Wildman–Crippen MR) is 93.1 cm³/mol. The van der Waals surface area contributed by atoms with Gasteiger partial charge in [0.25, 0.3) is 0 Å². The molecule has 0 saturated carbocycles. The molecule has 2 fully saturated rings. The van der Waals surface area contributed by atoms with Crippen LogP contribution in [0, 0.1) is 0 Å². The van der Waals surface area contributed by atoms with Crippen molar-refractivity contribution in [3.8, 4) is 0 Å². The summed E-state index contributed by atoms with van der Waals surface area (Å²) in [6, 6.07) is 2.98. The van der Waals surface area contributed by atoms with Gasteiger partial charge < -0.3 is 14.5 Å². The van der Waals surface area contributed by atoms with Crippen molar-refractivity contribution in [3.05, 3.63) is 17.8 Å². The third kappa shape index (κ3) is 4.85. The number of piperidine rings is 2. The average Bonchev–Trinajstić information content (AvgIpc) is 2.62. The van der Waals surface area contributed by atoms with Gasteiger partial charge in [0.1, 0.15) is 0 Å². The molecule has 0 aromatic carbocycles. The van der Waals surface area contributed by atoms with Gasteiger partial charge in [0.2, 0.25) is 0 Å². The first-order valence-corrected chi connectivity index (χ1v) is 9.38. The monoisotopic (exact) mass is 372 g/mol. The molecule has 0 N–H and O–H groups in total. The zero-order chi connectivity index (χ0) is 18.7. The summed E-state index contributed by atoms with van der Waals surface area (Å²) in [5.74, 6) is 0.502. The summed E-state index contributed by atoms with van der Waals surface area (Å²) in [4.78, 5) is 4.46. The first-order chi connectivity index (χ1) is 12.3. The van der Waals surface area contributed by atoms with E-state index in [-0.39, 0.29) is 6.10 Å². The van der Waals surface area contributed by atoms with Gasteiger partial charge in [-0.25, -0.2) is 0 Å². The molecular weight excluding hydrogens is 345 g/mol. The van der Waals surface area contributed by atoms with Gasteiger partial charge >= 0.3 is 6.18 Å². The molecule has 0 radical (unpaired) electrons. The van der Waals surface area contributed by atoms with E-state index in [0.717, 1.165) is 57.9 Å². The lowest BCUT2D eigenvalue weighted by Crippen LogP contribution is -2.44. The first kappa shape index (κ1) is 19.4. The minimum atomic E-state index is -4.45. The number of ether oxygens (including phenoxy) is 1. The maximum Gasteiger partial charge on any atom is 0.435 e. The van der Waals surface area contributed by atoms with E-state index >= 15 is 0 Å². The van der Waals surface area contributed by atoms with Crippen LogP contribution in [-0.2, 0) is 10.9 Å². The molecule has 26 heavy (non-hydrogen) atoms. The Labute approximate surface area is 152 Å². The van der Waals surface area contributed by atoms with Crippen LogP contribution >= 0.6 is 0 Å². The molecule has 0 bridgehead atoms. The minimum Gasteiger partial charge on any atom is -0.375 e. The first-order valence-electron chi connectivity index (χ1n) is 9.38. The molecule has 3 rings (SSSR count). The highest BCUT2D eigenvalue weighted by molar-refractivity contribution is 5.38. The van der Waals surface area contributed by atoms with Gasteiger partial charge in [0.15, 0.2) is 11.5 Å². The van der Waals surface area contributed by atoms with Crippen LogP contribution in [0.25, 0.3) is 0 Å². The summed E-state index contributed by atoms with van der Waals surface area (Å²) in [6.45, 7) is 8.08. The molecule has 0 unspecified atom stereocenters. The second-order valence-corrected chi connectivity index (χ2v) is 7.43. The zero-order valence-electron chi connectivity index (χ0n) is 15.4. The van der Waals surface area contributed by atoms with Crippen molar-refractivity contribution in [2.45, 2.75) is 64.0 Å². The SMILES string of the molecule is CC(C)N1CCC(OC2CCN(c3ccc(C(F)(F)F)nn3)CC2)CC1. The van der Waals surface area contributed by atoms with Crippen molar-refractivity contribution in [2.75, 3.05) is 31.1 Å². The van der Waals surface area contributed by atoms with Crippen LogP contribution in [-0.4, -0.2) is 59.5 Å². The number of hydrogen-bond acceptors (Lipinski definition) is 5. The summed E-state index contributed by atoms with van der Waals surface area (Å²) in [6.07, 6.45) is -0.0137. The van der Waals surface area contributed by atoms with E-state index in [1.54, 1.807) is 0 Å². The van der Waals surface area contributed by atoms with Crippen LogP contribution in [0.1, 0.15) is 45.2 Å². The van der Waals surface area contributed by atoms with Gasteiger partial charge in [-0.2, -0.15) is 13.2 Å². The number of alkyl halides is 3. The Morgan fingerprint density at radius 1 is 0.962 bits per heavy atom. The van der Waals surface area contributed by atoms with Crippen LogP contribution in [0.5, 0.6) is 0 Å². The van der Waals surface area contributed by atoms with E-state index in [4.69, 9.17) is 4.74 Å². The molecule has 8 heteroatoms. The number of anilines is 1. The Hall–Kier alpha value is -1.41. The van der Waals surface area contributed by atoms with E-state index in [0.29, 0.717) is 18.0 Å². The molecule has 5 nitrogen and oxygen atoms in total. The largest absolute Gasteiger partial charge is 0.435 e. The van der Waals surface area contributed by atoms with Crippen molar-refractivity contribution >= 4 is 5.82 Å². The normalized spacial score (nSPS) is 21.5. The second-order valence-electron chi connectivity index (χ2n) is 7.43. The number of rotatable bonds is 4. The van der Waals surface area contributed by atoms with Gasteiger partial charge in [-0.3, -0.25) is 0 Å². The van der Waals surface area contributed by atoms with Gasteiger partial charge in [0.05, 0.1) is 12.2 Å². The molecule has 0 atom stereocenters. The maximum atomic E-state index is 12.6. The second kappa shape index (κ2) is 8.08. The standard InChI is InChI=1S/C18H27F3N4O/c1-13(2)24-9-5-14(6-10-24)26-15-7-11-25(12-8-15)17-4-3-16(22-23-17)18(19,20)21/h3-4,13-15H,5-12H2,1-2H3. The molecular formula is C18H27F3N4O. The molecule has 0 amide bonds. The smallest absolute Gasteiger partial charge is 0.375 e. The van der Waals surface area contributed by atoms with Crippen LogP contribution in [0.2, 0.25) is 0 Å². The van der Waals surface area contributed by atoms with Crippen LogP contribution < -0.4 is 4.90 Å². The lowest BCUT2D eigenvalue weighted by Gasteiger charge is -2.38. The van der Waals surface area contributed by atoms with Crippen molar-refractivity contribution in [2.24, 2.45) is 0 Å². The molecule has 1 aromatic heterocycles. The Morgan fingerprint density at radius 3 is 2.00 bits per heavy atom. The third-order valence-electron chi connectivity index (χ3n) is 5.30. The van der Waals surface area contributed by atoms with Crippen molar-refractivity contribution < 1.29 is 17.9 Å². The molecule has 2 aliphatic rings. The minimum absolute atomic E-state index is 0.226. The molecule has 2 aliphatic heterocycles. The number of hydrogen-bond donors (Lipinski definition) is 0. The Bertz CT molecular complexity index is 563. The number of likely N-dealkylation sites (tertiary alicyclic amines) is 1. The lowest BCUT2D eigenvalue weighted by molar-refractivity contribution is -0.141. The highest BCUT2D eigenvalue weighted by Crippen LogP contribution is 2.28. The molecule has 3 heterocycles. The Balaban J connectivity index is 1.44. The summed E-state index contributed by atoms with van der Waals surface area (Å²) in [5.41, 5.74) is -0.952. The fourth-order valence-corrected chi connectivity index (χ4v) is 3.67. The Kier molecular flexibility index (Phi) is 6.02. The van der Waals surface area contributed by atoms with E-state index in [1.807, 2.05) is 4.90 Å². The maximum absolute atomic E-state index is 12.6. The van der Waals surface area contributed by atoms with E-state index in [2.05, 4.69) is 28.9 Å². The van der Waals surface area contributed by atoms with Gasteiger partial charge in [-0.15, -0.1) is 10.2 Å². The van der Waals surface area contributed by atoms with Crippen molar-refractivity contribution in [3.63, 3.8) is 0 Å². The van der Waals surface area contributed by atoms with E-state index in [9.17, 15) is 13.2 Å². The number of nitrogens with zero attached hydrogens (tertiary/aromatic N) is 4. The topological polar surface area (TPSA) is 41.5 Å². The molecule has 1 aromatic rings. The van der Waals surface area contributed by atoms with Crippen LogP contribution in [0.15, 0.2) is 12.1 Å². The van der Waals surface area contributed by atoms with Gasteiger partial charge in [-0.05, 0) is 51.7 Å². The zero-order valence-corrected chi connectivity index (χ0v) is 15.4. The predicted octanol–water partition coefficient (Wildman–Crippen LogP) is 3.35. The molecule has 2 saturated heterocycles.